The van der Waals surface area contributed by atoms with Crippen LogP contribution in [0.1, 0.15) is 25.9 Å². The number of furan rings is 1. The third kappa shape index (κ3) is 3.09. The molecule has 0 unspecified atom stereocenters. The summed E-state index contributed by atoms with van der Waals surface area (Å²) >= 11 is 1.67. The van der Waals surface area contributed by atoms with Gasteiger partial charge in [-0.3, -0.25) is 9.69 Å². The predicted molar refractivity (Wildman–Crippen MR) is 73.2 cm³/mol. The van der Waals surface area contributed by atoms with Crippen LogP contribution in [0.25, 0.3) is 0 Å². The zero-order valence-electron chi connectivity index (χ0n) is 10.9. The van der Waals surface area contributed by atoms with Gasteiger partial charge in [0.2, 0.25) is 0 Å². The normalized spacial score (nSPS) is 11.1. The molecule has 0 saturated heterocycles. The second-order valence-corrected chi connectivity index (χ2v) is 5.96. The van der Waals surface area contributed by atoms with E-state index in [1.54, 1.807) is 17.6 Å². The van der Waals surface area contributed by atoms with Crippen molar-refractivity contribution in [3.8, 4) is 0 Å². The van der Waals surface area contributed by atoms with Gasteiger partial charge in [-0.25, -0.2) is 0 Å². The molecule has 0 saturated carbocycles. The van der Waals surface area contributed by atoms with Crippen LogP contribution in [-0.4, -0.2) is 24.3 Å². The summed E-state index contributed by atoms with van der Waals surface area (Å²) in [6, 6.07) is 5.75. The molecule has 18 heavy (non-hydrogen) atoms. The average molecular weight is 263 g/mol. The standard InChI is InChI=1S/C14H17NO2S/c1-10-7-13(11(2)18-10)14(16)9-15(3)8-12-5-4-6-17-12/h4-7H,8-9H2,1-3H3. The van der Waals surface area contributed by atoms with Crippen LogP contribution in [0.3, 0.4) is 0 Å². The lowest BCUT2D eigenvalue weighted by Gasteiger charge is -2.13. The number of likely N-dealkylation sites (N-methyl/N-ethyl adjacent to an activating group) is 1. The molecule has 2 rings (SSSR count). The van der Waals surface area contributed by atoms with E-state index in [2.05, 4.69) is 0 Å². The van der Waals surface area contributed by atoms with E-state index < -0.39 is 0 Å². The van der Waals surface area contributed by atoms with Gasteiger partial charge in [-0.15, -0.1) is 11.3 Å². The highest BCUT2D eigenvalue weighted by atomic mass is 32.1. The fraction of sp³-hybridized carbons (Fsp3) is 0.357. The molecule has 4 heteroatoms. The van der Waals surface area contributed by atoms with E-state index in [-0.39, 0.29) is 5.78 Å². The molecule has 2 aromatic rings. The molecule has 0 aliphatic heterocycles. The Labute approximate surface area is 111 Å². The number of hydrogen-bond acceptors (Lipinski definition) is 4. The molecule has 0 atom stereocenters. The Balaban J connectivity index is 1.97. The van der Waals surface area contributed by atoms with Gasteiger partial charge in [-0.05, 0) is 39.1 Å². The van der Waals surface area contributed by atoms with Crippen molar-refractivity contribution in [3.63, 3.8) is 0 Å². The molecule has 0 aliphatic carbocycles. The van der Waals surface area contributed by atoms with E-state index in [0.717, 1.165) is 16.2 Å². The first-order valence-electron chi connectivity index (χ1n) is 5.87. The molecular formula is C14H17NO2S. The fourth-order valence-corrected chi connectivity index (χ4v) is 2.90. The Kier molecular flexibility index (Phi) is 3.99. The van der Waals surface area contributed by atoms with Crippen LogP contribution in [0, 0.1) is 13.8 Å². The topological polar surface area (TPSA) is 33.5 Å². The Bertz CT molecular complexity index is 528. The smallest absolute Gasteiger partial charge is 0.177 e. The molecule has 96 valence electrons. The van der Waals surface area contributed by atoms with Gasteiger partial charge in [0.15, 0.2) is 5.78 Å². The van der Waals surface area contributed by atoms with Gasteiger partial charge in [0, 0.05) is 15.3 Å². The number of rotatable bonds is 5. The molecule has 0 bridgehead atoms. The number of hydrogen-bond donors (Lipinski definition) is 0. The molecule has 0 aromatic carbocycles. The lowest BCUT2D eigenvalue weighted by molar-refractivity contribution is 0.0939. The molecule has 2 heterocycles. The van der Waals surface area contributed by atoms with Gasteiger partial charge in [0.1, 0.15) is 5.76 Å². The van der Waals surface area contributed by atoms with E-state index >= 15 is 0 Å². The minimum atomic E-state index is 0.172. The summed E-state index contributed by atoms with van der Waals surface area (Å²) in [7, 11) is 1.93. The van der Waals surface area contributed by atoms with E-state index in [1.807, 2.05) is 44.0 Å². The Hall–Kier alpha value is -1.39. The molecule has 2 aromatic heterocycles. The van der Waals surface area contributed by atoms with E-state index in [4.69, 9.17) is 4.42 Å². The molecule has 0 amide bonds. The summed E-state index contributed by atoms with van der Waals surface area (Å²) < 4.78 is 5.27. The van der Waals surface area contributed by atoms with Gasteiger partial charge in [0.05, 0.1) is 19.4 Å². The van der Waals surface area contributed by atoms with E-state index in [1.165, 1.54) is 4.88 Å². The van der Waals surface area contributed by atoms with Crippen molar-refractivity contribution in [3.05, 3.63) is 45.5 Å². The second kappa shape index (κ2) is 5.50. The average Bonchev–Trinajstić information content (AvgIpc) is 2.88. The maximum absolute atomic E-state index is 12.2. The van der Waals surface area contributed by atoms with Crippen LogP contribution < -0.4 is 0 Å². The summed E-state index contributed by atoms with van der Waals surface area (Å²) in [5.74, 6) is 1.05. The summed E-state index contributed by atoms with van der Waals surface area (Å²) in [5.41, 5.74) is 0.851. The summed E-state index contributed by atoms with van der Waals surface area (Å²) in [6.07, 6.45) is 1.65. The number of aryl methyl sites for hydroxylation is 2. The quantitative estimate of drug-likeness (QED) is 0.776. The molecule has 0 spiro atoms. The van der Waals surface area contributed by atoms with Crippen molar-refractivity contribution in [1.82, 2.24) is 4.90 Å². The lowest BCUT2D eigenvalue weighted by Crippen LogP contribution is -2.25. The van der Waals surface area contributed by atoms with Gasteiger partial charge < -0.3 is 4.42 Å². The van der Waals surface area contributed by atoms with Crippen molar-refractivity contribution in [2.24, 2.45) is 0 Å². The van der Waals surface area contributed by atoms with Gasteiger partial charge in [0.25, 0.3) is 0 Å². The maximum Gasteiger partial charge on any atom is 0.177 e. The first kappa shape index (κ1) is 13.1. The highest BCUT2D eigenvalue weighted by Gasteiger charge is 2.14. The van der Waals surface area contributed by atoms with Crippen molar-refractivity contribution < 1.29 is 9.21 Å². The van der Waals surface area contributed by atoms with Crippen LogP contribution in [0.2, 0.25) is 0 Å². The second-order valence-electron chi connectivity index (χ2n) is 4.50. The minimum absolute atomic E-state index is 0.172. The number of carbonyl (C=O) groups is 1. The summed E-state index contributed by atoms with van der Waals surface area (Å²) in [5, 5.41) is 0. The Morgan fingerprint density at radius 3 is 2.78 bits per heavy atom. The van der Waals surface area contributed by atoms with Gasteiger partial charge >= 0.3 is 0 Å². The van der Waals surface area contributed by atoms with Crippen LogP contribution in [-0.2, 0) is 6.54 Å². The fourth-order valence-electron chi connectivity index (χ4n) is 1.96. The number of thiophene rings is 1. The third-order valence-corrected chi connectivity index (χ3v) is 3.73. The highest BCUT2D eigenvalue weighted by Crippen LogP contribution is 2.21. The van der Waals surface area contributed by atoms with Gasteiger partial charge in [-0.1, -0.05) is 0 Å². The van der Waals surface area contributed by atoms with E-state index in [9.17, 15) is 4.79 Å². The Morgan fingerprint density at radius 2 is 2.22 bits per heavy atom. The zero-order chi connectivity index (χ0) is 13.1. The van der Waals surface area contributed by atoms with Crippen molar-refractivity contribution in [1.29, 1.82) is 0 Å². The first-order chi connectivity index (χ1) is 8.56. The number of ketones is 1. The Morgan fingerprint density at radius 1 is 1.44 bits per heavy atom. The van der Waals surface area contributed by atoms with Crippen LogP contribution in [0.5, 0.6) is 0 Å². The SMILES string of the molecule is Cc1cc(C(=O)CN(C)Cc2ccco2)c(C)s1. The lowest BCUT2D eigenvalue weighted by atomic mass is 10.1. The number of carbonyl (C=O) groups excluding carboxylic acids is 1. The predicted octanol–water partition coefficient (Wildman–Crippen LogP) is 3.27. The molecule has 0 aliphatic rings. The van der Waals surface area contributed by atoms with Crippen molar-refractivity contribution in [2.75, 3.05) is 13.6 Å². The zero-order valence-corrected chi connectivity index (χ0v) is 11.7. The maximum atomic E-state index is 12.2. The van der Waals surface area contributed by atoms with Crippen molar-refractivity contribution >= 4 is 17.1 Å². The van der Waals surface area contributed by atoms with Crippen molar-refractivity contribution in [2.45, 2.75) is 20.4 Å². The summed E-state index contributed by atoms with van der Waals surface area (Å²) in [6.45, 7) is 5.09. The summed E-state index contributed by atoms with van der Waals surface area (Å²) in [4.78, 5) is 16.4. The molecule has 0 N–H and O–H groups in total. The van der Waals surface area contributed by atoms with E-state index in [0.29, 0.717) is 13.1 Å². The van der Waals surface area contributed by atoms with Crippen LogP contribution >= 0.6 is 11.3 Å². The van der Waals surface area contributed by atoms with Crippen LogP contribution in [0.15, 0.2) is 28.9 Å². The number of Topliss-reactive ketones (excluding diaryl/α,β-unsaturated/α-hetero) is 1. The third-order valence-electron chi connectivity index (χ3n) is 2.76. The molecule has 0 radical (unpaired) electrons. The molecular weight excluding hydrogens is 246 g/mol. The first-order valence-corrected chi connectivity index (χ1v) is 6.69. The highest BCUT2D eigenvalue weighted by molar-refractivity contribution is 7.12. The number of nitrogens with zero attached hydrogens (tertiary/aromatic N) is 1. The van der Waals surface area contributed by atoms with Crippen LogP contribution in [0.4, 0.5) is 0 Å². The van der Waals surface area contributed by atoms with Gasteiger partial charge in [-0.2, -0.15) is 0 Å². The molecule has 3 nitrogen and oxygen atoms in total. The minimum Gasteiger partial charge on any atom is -0.468 e. The molecule has 0 fully saturated rings. The largest absolute Gasteiger partial charge is 0.468 e. The monoisotopic (exact) mass is 263 g/mol.